The summed E-state index contributed by atoms with van der Waals surface area (Å²) in [7, 11) is 0. The minimum Gasteiger partial charge on any atom is -0.491 e. The molecule has 5 heteroatoms. The van der Waals surface area contributed by atoms with Gasteiger partial charge >= 0.3 is 0 Å². The third kappa shape index (κ3) is 2.90. The summed E-state index contributed by atoms with van der Waals surface area (Å²) in [5.74, 6) is 0.730. The second-order valence-electron chi connectivity index (χ2n) is 3.69. The van der Waals surface area contributed by atoms with E-state index < -0.39 is 0 Å². The first-order chi connectivity index (χ1) is 7.75. The fourth-order valence-corrected chi connectivity index (χ4v) is 1.71. The minimum atomic E-state index is 0.210. The Balaban J connectivity index is 1.93. The lowest BCUT2D eigenvalue weighted by Crippen LogP contribution is -2.17. The van der Waals surface area contributed by atoms with Crippen molar-refractivity contribution in [3.8, 4) is 5.75 Å². The van der Waals surface area contributed by atoms with Gasteiger partial charge in [0.1, 0.15) is 23.0 Å². The van der Waals surface area contributed by atoms with Crippen molar-refractivity contribution in [2.75, 3.05) is 13.2 Å². The molecular weight excluding hydrogens is 224 g/mol. The van der Waals surface area contributed by atoms with E-state index in [0.717, 1.165) is 25.2 Å². The van der Waals surface area contributed by atoms with E-state index in [9.17, 15) is 0 Å². The molecule has 2 rings (SSSR count). The first-order valence-corrected chi connectivity index (χ1v) is 5.67. The molecular formula is C11H14N2O2S. The summed E-state index contributed by atoms with van der Waals surface area (Å²) in [5, 5.41) is 0. The van der Waals surface area contributed by atoms with Gasteiger partial charge in [-0.1, -0.05) is 12.2 Å². The van der Waals surface area contributed by atoms with Crippen LogP contribution in [0.5, 0.6) is 5.75 Å². The molecule has 0 bridgehead atoms. The van der Waals surface area contributed by atoms with Crippen LogP contribution >= 0.6 is 12.2 Å². The lowest BCUT2D eigenvalue weighted by molar-refractivity contribution is 0.0679. The molecule has 1 aliphatic heterocycles. The van der Waals surface area contributed by atoms with Crippen molar-refractivity contribution < 1.29 is 9.47 Å². The molecule has 0 aliphatic carbocycles. The number of nitrogens with two attached hydrogens (primary N) is 1. The summed E-state index contributed by atoms with van der Waals surface area (Å²) in [6.07, 6.45) is 4.02. The zero-order chi connectivity index (χ0) is 11.4. The predicted molar refractivity (Wildman–Crippen MR) is 64.6 cm³/mol. The molecule has 1 saturated heterocycles. The third-order valence-electron chi connectivity index (χ3n) is 2.44. The Labute approximate surface area is 99.8 Å². The van der Waals surface area contributed by atoms with Crippen molar-refractivity contribution in [2.24, 2.45) is 5.73 Å². The number of hydrogen-bond donors (Lipinski definition) is 1. The minimum absolute atomic E-state index is 0.210. The van der Waals surface area contributed by atoms with Gasteiger partial charge in [0, 0.05) is 18.9 Å². The van der Waals surface area contributed by atoms with Crippen LogP contribution in [0.2, 0.25) is 0 Å². The lowest BCUT2D eigenvalue weighted by Gasteiger charge is -2.11. The summed E-state index contributed by atoms with van der Waals surface area (Å²) in [5.41, 5.74) is 6.07. The number of ether oxygens (including phenoxy) is 2. The van der Waals surface area contributed by atoms with E-state index in [4.69, 9.17) is 27.4 Å². The topological polar surface area (TPSA) is 57.4 Å². The van der Waals surface area contributed by atoms with E-state index >= 15 is 0 Å². The highest BCUT2D eigenvalue weighted by Gasteiger charge is 2.16. The first-order valence-electron chi connectivity index (χ1n) is 5.26. The van der Waals surface area contributed by atoms with Gasteiger partial charge in [0.2, 0.25) is 0 Å². The molecule has 16 heavy (non-hydrogen) atoms. The first kappa shape index (κ1) is 11.3. The second kappa shape index (κ2) is 5.23. The number of nitrogens with zero attached hydrogens (tertiary/aromatic N) is 1. The molecule has 0 aromatic carbocycles. The van der Waals surface area contributed by atoms with Crippen LogP contribution in [-0.4, -0.2) is 29.3 Å². The number of hydrogen-bond acceptors (Lipinski definition) is 4. The number of aromatic nitrogens is 1. The van der Waals surface area contributed by atoms with Gasteiger partial charge in [-0.25, -0.2) is 0 Å². The Bertz CT molecular complexity index is 378. The molecule has 1 unspecified atom stereocenters. The van der Waals surface area contributed by atoms with Crippen molar-refractivity contribution in [1.29, 1.82) is 0 Å². The van der Waals surface area contributed by atoms with Crippen molar-refractivity contribution in [3.05, 3.63) is 24.0 Å². The maximum absolute atomic E-state index is 5.60. The van der Waals surface area contributed by atoms with Crippen LogP contribution in [0.1, 0.15) is 18.5 Å². The molecule has 4 nitrogen and oxygen atoms in total. The molecule has 0 spiro atoms. The van der Waals surface area contributed by atoms with Gasteiger partial charge < -0.3 is 15.2 Å². The maximum Gasteiger partial charge on any atom is 0.123 e. The summed E-state index contributed by atoms with van der Waals surface area (Å²) < 4.78 is 11.1. The van der Waals surface area contributed by atoms with E-state index in [0.29, 0.717) is 12.3 Å². The highest BCUT2D eigenvalue weighted by Crippen LogP contribution is 2.16. The van der Waals surface area contributed by atoms with Crippen LogP contribution < -0.4 is 10.5 Å². The summed E-state index contributed by atoms with van der Waals surface area (Å²) >= 11 is 4.85. The van der Waals surface area contributed by atoms with E-state index in [-0.39, 0.29) is 11.1 Å². The summed E-state index contributed by atoms with van der Waals surface area (Å²) in [6, 6.07) is 3.54. The highest BCUT2D eigenvalue weighted by molar-refractivity contribution is 7.80. The van der Waals surface area contributed by atoms with Crippen LogP contribution in [0.25, 0.3) is 0 Å². The predicted octanol–water partition coefficient (Wildman–Crippen LogP) is 1.27. The van der Waals surface area contributed by atoms with Crippen LogP contribution in [0.3, 0.4) is 0 Å². The van der Waals surface area contributed by atoms with E-state index in [1.807, 2.05) is 0 Å². The van der Waals surface area contributed by atoms with Gasteiger partial charge in [0.15, 0.2) is 0 Å². The van der Waals surface area contributed by atoms with Crippen LogP contribution in [0.15, 0.2) is 18.3 Å². The SMILES string of the molecule is NC(=S)c1cc(OCC2CCCO2)ccn1. The van der Waals surface area contributed by atoms with Gasteiger partial charge in [-0.2, -0.15) is 0 Å². The Hall–Kier alpha value is -1.20. The zero-order valence-corrected chi connectivity index (χ0v) is 9.70. The van der Waals surface area contributed by atoms with Gasteiger partial charge in [0.25, 0.3) is 0 Å². The quantitative estimate of drug-likeness (QED) is 0.801. The molecule has 1 atom stereocenters. The maximum atomic E-state index is 5.60. The second-order valence-corrected chi connectivity index (χ2v) is 4.13. The molecule has 1 aromatic rings. The monoisotopic (exact) mass is 238 g/mol. The van der Waals surface area contributed by atoms with Crippen LogP contribution in [0.4, 0.5) is 0 Å². The molecule has 86 valence electrons. The molecule has 0 amide bonds. The van der Waals surface area contributed by atoms with Crippen molar-refractivity contribution >= 4 is 17.2 Å². The number of pyridine rings is 1. The normalized spacial score (nSPS) is 19.6. The molecule has 0 saturated carbocycles. The van der Waals surface area contributed by atoms with E-state index in [2.05, 4.69) is 4.98 Å². The Morgan fingerprint density at radius 1 is 1.69 bits per heavy atom. The highest BCUT2D eigenvalue weighted by atomic mass is 32.1. The van der Waals surface area contributed by atoms with Crippen molar-refractivity contribution in [1.82, 2.24) is 4.98 Å². The van der Waals surface area contributed by atoms with Crippen molar-refractivity contribution in [2.45, 2.75) is 18.9 Å². The molecule has 1 aliphatic rings. The molecule has 1 fully saturated rings. The van der Waals surface area contributed by atoms with Crippen molar-refractivity contribution in [3.63, 3.8) is 0 Å². The molecule has 0 radical (unpaired) electrons. The smallest absolute Gasteiger partial charge is 0.123 e. The average molecular weight is 238 g/mol. The van der Waals surface area contributed by atoms with Gasteiger partial charge in [-0.3, -0.25) is 4.98 Å². The molecule has 2 N–H and O–H groups in total. The Morgan fingerprint density at radius 2 is 2.56 bits per heavy atom. The Morgan fingerprint density at radius 3 is 3.25 bits per heavy atom. The van der Waals surface area contributed by atoms with E-state index in [1.165, 1.54) is 0 Å². The number of thiocarbonyl (C=S) groups is 1. The fourth-order valence-electron chi connectivity index (χ4n) is 1.60. The third-order valence-corrected chi connectivity index (χ3v) is 2.65. The van der Waals surface area contributed by atoms with Gasteiger partial charge in [-0.15, -0.1) is 0 Å². The summed E-state index contributed by atoms with van der Waals surface area (Å²) in [4.78, 5) is 4.32. The Kier molecular flexibility index (Phi) is 3.69. The van der Waals surface area contributed by atoms with Gasteiger partial charge in [0.05, 0.1) is 6.10 Å². The standard InChI is InChI=1S/C11H14N2O2S/c12-11(16)10-6-8(3-4-13-10)15-7-9-2-1-5-14-9/h3-4,6,9H,1-2,5,7H2,(H2,12,16). The fraction of sp³-hybridized carbons (Fsp3) is 0.455. The lowest BCUT2D eigenvalue weighted by atomic mass is 10.2. The van der Waals surface area contributed by atoms with E-state index in [1.54, 1.807) is 18.3 Å². The van der Waals surface area contributed by atoms with Gasteiger partial charge in [-0.05, 0) is 18.9 Å². The largest absolute Gasteiger partial charge is 0.491 e. The van der Waals surface area contributed by atoms with Crippen LogP contribution in [-0.2, 0) is 4.74 Å². The molecule has 2 heterocycles. The van der Waals surface area contributed by atoms with Crippen LogP contribution in [0, 0.1) is 0 Å². The molecule has 1 aromatic heterocycles. The number of rotatable bonds is 4. The average Bonchev–Trinajstić information content (AvgIpc) is 2.79. The zero-order valence-electron chi connectivity index (χ0n) is 8.89. The summed E-state index contributed by atoms with van der Waals surface area (Å²) in [6.45, 7) is 1.41.